The summed E-state index contributed by atoms with van der Waals surface area (Å²) in [6.07, 6.45) is -0.717. The Hall–Kier alpha value is -5.35. The Morgan fingerprint density at radius 3 is 2.29 bits per heavy atom. The number of nitrogens with zero attached hydrogens (tertiary/aromatic N) is 1. The number of oxazole rings is 1. The molecule has 1 unspecified atom stereocenters. The highest BCUT2D eigenvalue weighted by molar-refractivity contribution is 5.94. The standard InChI is InChI=1S/C31H35F4N5O8/c1-30(2,3)31(4,48-29(37)44)24-23(25(42)38-15-17-8-10-18(32)14-19(17)33)40-26(47-24)16-9-11-20(46-27(34)35)21(13-16)45-12-6-5-7-22(41)39-28(36)43/h8-11,13-14,27H,5-7,12,15H2,1-4H3,(H2,37,44)(H,38,42)(H3,36,39,41,43). The van der Waals surface area contributed by atoms with Gasteiger partial charge >= 0.3 is 18.7 Å². The van der Waals surface area contributed by atoms with Gasteiger partial charge in [-0.3, -0.25) is 14.9 Å². The van der Waals surface area contributed by atoms with E-state index in [0.717, 1.165) is 18.2 Å². The molecule has 2 aromatic carbocycles. The van der Waals surface area contributed by atoms with Gasteiger partial charge in [0, 0.05) is 35.6 Å². The van der Waals surface area contributed by atoms with Crippen LogP contribution in [-0.2, 0) is 21.7 Å². The maximum atomic E-state index is 14.3. The number of primary amides is 2. The number of rotatable bonds is 14. The van der Waals surface area contributed by atoms with Crippen LogP contribution in [0.4, 0.5) is 27.2 Å². The van der Waals surface area contributed by atoms with Crippen molar-refractivity contribution in [3.63, 3.8) is 0 Å². The number of alkyl halides is 2. The third-order valence-electron chi connectivity index (χ3n) is 7.19. The van der Waals surface area contributed by atoms with Crippen LogP contribution in [0.15, 0.2) is 40.8 Å². The van der Waals surface area contributed by atoms with Gasteiger partial charge in [-0.25, -0.2) is 23.4 Å². The van der Waals surface area contributed by atoms with Gasteiger partial charge in [-0.05, 0) is 44.0 Å². The van der Waals surface area contributed by atoms with Crippen molar-refractivity contribution >= 4 is 23.9 Å². The Morgan fingerprint density at radius 2 is 1.69 bits per heavy atom. The Morgan fingerprint density at radius 1 is 0.979 bits per heavy atom. The number of carbonyl (C=O) groups excluding carboxylic acids is 4. The molecule has 3 rings (SSSR count). The van der Waals surface area contributed by atoms with Crippen molar-refractivity contribution < 1.29 is 55.4 Å². The van der Waals surface area contributed by atoms with E-state index >= 15 is 0 Å². The fraction of sp³-hybridized carbons (Fsp3) is 0.387. The van der Waals surface area contributed by atoms with E-state index in [0.29, 0.717) is 6.07 Å². The smallest absolute Gasteiger partial charge is 0.405 e. The molecule has 0 saturated heterocycles. The van der Waals surface area contributed by atoms with Crippen LogP contribution in [0.3, 0.4) is 0 Å². The highest BCUT2D eigenvalue weighted by atomic mass is 19.3. The van der Waals surface area contributed by atoms with E-state index in [1.807, 2.05) is 5.32 Å². The Kier molecular flexibility index (Phi) is 12.0. The first-order valence-electron chi connectivity index (χ1n) is 14.4. The lowest BCUT2D eigenvalue weighted by atomic mass is 9.75. The van der Waals surface area contributed by atoms with E-state index in [9.17, 15) is 36.7 Å². The molecule has 13 nitrogen and oxygen atoms in total. The number of benzene rings is 2. The minimum Gasteiger partial charge on any atom is -0.490 e. The second-order valence-corrected chi connectivity index (χ2v) is 11.6. The van der Waals surface area contributed by atoms with E-state index in [-0.39, 0.29) is 72.4 Å². The van der Waals surface area contributed by atoms with Gasteiger partial charge in [0.2, 0.25) is 11.8 Å². The number of halogens is 4. The summed E-state index contributed by atoms with van der Waals surface area (Å²) in [5, 5.41) is 4.40. The van der Waals surface area contributed by atoms with Gasteiger partial charge < -0.3 is 35.4 Å². The quantitative estimate of drug-likeness (QED) is 0.130. The first-order chi connectivity index (χ1) is 22.4. The number of ether oxygens (including phenoxy) is 3. The lowest BCUT2D eigenvalue weighted by Crippen LogP contribution is -2.44. The first-order valence-corrected chi connectivity index (χ1v) is 14.4. The molecule has 0 bridgehead atoms. The molecule has 0 aliphatic carbocycles. The summed E-state index contributed by atoms with van der Waals surface area (Å²) in [6.45, 7) is 2.82. The van der Waals surface area contributed by atoms with Gasteiger partial charge in [-0.1, -0.05) is 26.8 Å². The summed E-state index contributed by atoms with van der Waals surface area (Å²) >= 11 is 0. The molecule has 5 amide bonds. The number of hydrogen-bond acceptors (Lipinski definition) is 9. The van der Waals surface area contributed by atoms with Crippen LogP contribution in [0.2, 0.25) is 0 Å². The van der Waals surface area contributed by atoms with Gasteiger partial charge in [0.25, 0.3) is 5.91 Å². The van der Waals surface area contributed by atoms with E-state index in [1.54, 1.807) is 20.8 Å². The summed E-state index contributed by atoms with van der Waals surface area (Å²) in [4.78, 5) is 52.2. The molecule has 0 radical (unpaired) electrons. The van der Waals surface area contributed by atoms with Gasteiger partial charge in [0.05, 0.1) is 6.61 Å². The van der Waals surface area contributed by atoms with Gasteiger partial charge in [0.15, 0.2) is 28.6 Å². The number of imide groups is 1. The topological polar surface area (TPSA) is 198 Å². The van der Waals surface area contributed by atoms with Gasteiger partial charge in [-0.15, -0.1) is 0 Å². The fourth-order valence-electron chi connectivity index (χ4n) is 4.30. The van der Waals surface area contributed by atoms with Gasteiger partial charge in [-0.2, -0.15) is 8.78 Å². The lowest BCUT2D eigenvalue weighted by molar-refractivity contribution is -0.120. The molecule has 0 spiro atoms. The third-order valence-corrected chi connectivity index (χ3v) is 7.19. The predicted molar refractivity (Wildman–Crippen MR) is 161 cm³/mol. The van der Waals surface area contributed by atoms with Crippen molar-refractivity contribution in [2.24, 2.45) is 16.9 Å². The van der Waals surface area contributed by atoms with Crippen molar-refractivity contribution in [3.8, 4) is 23.0 Å². The number of carbonyl (C=O) groups is 4. The molecule has 17 heteroatoms. The van der Waals surface area contributed by atoms with E-state index in [4.69, 9.17) is 25.4 Å². The highest BCUT2D eigenvalue weighted by Crippen LogP contribution is 2.45. The molecular weight excluding hydrogens is 646 g/mol. The first kappa shape index (κ1) is 37.1. The number of nitrogens with two attached hydrogens (primary N) is 2. The number of unbranched alkanes of at least 4 members (excludes halogenated alkanes) is 1. The molecule has 0 aliphatic rings. The zero-order valence-electron chi connectivity index (χ0n) is 26.5. The van der Waals surface area contributed by atoms with E-state index < -0.39 is 53.2 Å². The van der Waals surface area contributed by atoms with Crippen LogP contribution in [0.25, 0.3) is 11.5 Å². The predicted octanol–water partition coefficient (Wildman–Crippen LogP) is 5.25. The largest absolute Gasteiger partial charge is 0.490 e. The molecule has 1 heterocycles. The maximum Gasteiger partial charge on any atom is 0.405 e. The zero-order valence-corrected chi connectivity index (χ0v) is 26.5. The van der Waals surface area contributed by atoms with Crippen LogP contribution >= 0.6 is 0 Å². The molecule has 3 aromatic rings. The van der Waals surface area contributed by atoms with Crippen LogP contribution in [0, 0.1) is 17.0 Å². The Bertz CT molecular complexity index is 1660. The Balaban J connectivity index is 2.00. The minimum absolute atomic E-state index is 0.0353. The molecule has 6 N–H and O–H groups in total. The average molecular weight is 682 g/mol. The lowest BCUT2D eigenvalue weighted by Gasteiger charge is -2.38. The molecule has 0 saturated carbocycles. The van der Waals surface area contributed by atoms with Crippen LogP contribution in [0.1, 0.15) is 68.8 Å². The summed E-state index contributed by atoms with van der Waals surface area (Å²) in [5.74, 6) is -4.19. The van der Waals surface area contributed by atoms with Crippen molar-refractivity contribution in [2.45, 2.75) is 65.7 Å². The number of nitrogens with one attached hydrogen (secondary N) is 2. The number of amides is 5. The summed E-state index contributed by atoms with van der Waals surface area (Å²) in [7, 11) is 0. The van der Waals surface area contributed by atoms with Crippen LogP contribution < -0.4 is 31.6 Å². The molecular formula is C31H35F4N5O8. The zero-order chi connectivity index (χ0) is 35.8. The summed E-state index contributed by atoms with van der Waals surface area (Å²) < 4.78 is 75.7. The van der Waals surface area contributed by atoms with Crippen molar-refractivity contribution in [1.82, 2.24) is 15.6 Å². The van der Waals surface area contributed by atoms with Crippen molar-refractivity contribution in [1.29, 1.82) is 0 Å². The van der Waals surface area contributed by atoms with Gasteiger partial charge in [0.1, 0.15) is 11.6 Å². The molecule has 260 valence electrons. The van der Waals surface area contributed by atoms with Crippen LogP contribution in [-0.4, -0.2) is 42.1 Å². The molecule has 0 aliphatic heterocycles. The number of hydrogen-bond donors (Lipinski definition) is 4. The normalized spacial score (nSPS) is 12.6. The summed E-state index contributed by atoms with van der Waals surface area (Å²) in [5.41, 5.74) is 7.30. The maximum absolute atomic E-state index is 14.3. The average Bonchev–Trinajstić information content (AvgIpc) is 3.42. The fourth-order valence-corrected chi connectivity index (χ4v) is 4.30. The van der Waals surface area contributed by atoms with Crippen molar-refractivity contribution in [3.05, 3.63) is 65.1 Å². The minimum atomic E-state index is -3.20. The molecule has 1 atom stereocenters. The highest BCUT2D eigenvalue weighted by Gasteiger charge is 2.49. The van der Waals surface area contributed by atoms with E-state index in [1.165, 1.54) is 19.1 Å². The summed E-state index contributed by atoms with van der Waals surface area (Å²) in [6, 6.07) is 5.53. The monoisotopic (exact) mass is 681 g/mol. The molecule has 1 aromatic heterocycles. The number of urea groups is 1. The van der Waals surface area contributed by atoms with Crippen molar-refractivity contribution in [2.75, 3.05) is 6.61 Å². The van der Waals surface area contributed by atoms with Crippen LogP contribution in [0.5, 0.6) is 11.5 Å². The Labute approximate surface area is 272 Å². The SMILES string of the molecule is CC(C)(C)C(C)(OC(N)=O)c1oc(-c2ccc(OC(F)F)c(OCCCCC(=O)NC(N)=O)c2)nc1C(=O)NCc1ccc(F)cc1F. The number of aromatic nitrogens is 1. The molecule has 48 heavy (non-hydrogen) atoms. The second kappa shape index (κ2) is 15.5. The second-order valence-electron chi connectivity index (χ2n) is 11.6. The van der Waals surface area contributed by atoms with E-state index in [2.05, 4.69) is 15.0 Å². The molecule has 0 fully saturated rings. The third kappa shape index (κ3) is 9.59.